The number of hydrogen-bond acceptors (Lipinski definition) is 6. The number of rotatable bonds is 4. The summed E-state index contributed by atoms with van der Waals surface area (Å²) in [5.74, 6) is 0.563. The smallest absolute Gasteiger partial charge is 0.295 e. The number of hydrogen-bond donors (Lipinski definition) is 2. The van der Waals surface area contributed by atoms with Crippen LogP contribution in [0.2, 0.25) is 0 Å². The maximum atomic E-state index is 10.7. The number of nitrogens with zero attached hydrogens (tertiary/aromatic N) is 2. The average molecular weight is 313 g/mol. The van der Waals surface area contributed by atoms with Gasteiger partial charge in [-0.3, -0.25) is 10.1 Å². The lowest BCUT2D eigenvalue weighted by Gasteiger charge is -2.22. The zero-order valence-corrected chi connectivity index (χ0v) is 12.2. The van der Waals surface area contributed by atoms with E-state index in [-0.39, 0.29) is 18.1 Å². The molecule has 1 atom stereocenters. The largest absolute Gasteiger partial charge is 0.424 e. The molecule has 2 aromatic rings. The van der Waals surface area contributed by atoms with Crippen LogP contribution in [0.25, 0.3) is 11.1 Å². The number of oxazole rings is 1. The minimum absolute atomic E-state index is 0. The van der Waals surface area contributed by atoms with Gasteiger partial charge in [0.15, 0.2) is 5.58 Å². The molecule has 7 nitrogen and oxygen atoms in total. The van der Waals surface area contributed by atoms with Crippen molar-refractivity contribution >= 4 is 35.2 Å². The van der Waals surface area contributed by atoms with Crippen LogP contribution in [0, 0.1) is 16.0 Å². The first kappa shape index (κ1) is 15.5. The quantitative estimate of drug-likeness (QED) is 0.665. The molecule has 0 amide bonds. The summed E-state index contributed by atoms with van der Waals surface area (Å²) in [6.07, 6.45) is 2.37. The van der Waals surface area contributed by atoms with Crippen molar-refractivity contribution in [3.63, 3.8) is 0 Å². The molecule has 0 aliphatic carbocycles. The molecule has 0 saturated carbocycles. The summed E-state index contributed by atoms with van der Waals surface area (Å²) in [7, 11) is 0. The van der Waals surface area contributed by atoms with E-state index in [1.165, 1.54) is 25.0 Å². The van der Waals surface area contributed by atoms with Gasteiger partial charge in [-0.2, -0.15) is 4.98 Å². The van der Waals surface area contributed by atoms with E-state index in [2.05, 4.69) is 15.6 Å². The number of non-ortho nitro benzene ring substituents is 1. The Labute approximate surface area is 127 Å². The number of nitrogens with one attached hydrogen (secondary N) is 2. The molecule has 3 rings (SSSR count). The highest BCUT2D eigenvalue weighted by Gasteiger charge is 2.15. The van der Waals surface area contributed by atoms with Gasteiger partial charge in [0, 0.05) is 18.7 Å². The second-order valence-corrected chi connectivity index (χ2v) is 5.02. The molecule has 1 unspecified atom stereocenters. The van der Waals surface area contributed by atoms with E-state index >= 15 is 0 Å². The number of nitro groups is 1. The Morgan fingerprint density at radius 1 is 1.52 bits per heavy atom. The highest BCUT2D eigenvalue weighted by molar-refractivity contribution is 5.85. The Balaban J connectivity index is 0.00000161. The van der Waals surface area contributed by atoms with E-state index in [9.17, 15) is 10.1 Å². The van der Waals surface area contributed by atoms with Gasteiger partial charge in [-0.05, 0) is 37.9 Å². The Hall–Kier alpha value is -1.86. The van der Waals surface area contributed by atoms with Gasteiger partial charge in [-0.25, -0.2) is 0 Å². The van der Waals surface area contributed by atoms with Crippen LogP contribution in [-0.2, 0) is 0 Å². The van der Waals surface area contributed by atoms with Crippen molar-refractivity contribution in [1.82, 2.24) is 10.3 Å². The molecule has 1 aliphatic rings. The monoisotopic (exact) mass is 312 g/mol. The molecule has 21 heavy (non-hydrogen) atoms. The normalized spacial score (nSPS) is 18.2. The summed E-state index contributed by atoms with van der Waals surface area (Å²) in [6.45, 7) is 2.88. The van der Waals surface area contributed by atoms with Crippen molar-refractivity contribution in [1.29, 1.82) is 0 Å². The first-order chi connectivity index (χ1) is 9.72. The fourth-order valence-corrected chi connectivity index (χ4v) is 2.43. The van der Waals surface area contributed by atoms with Crippen LogP contribution in [0.4, 0.5) is 11.7 Å². The van der Waals surface area contributed by atoms with Gasteiger partial charge in [-0.15, -0.1) is 12.4 Å². The van der Waals surface area contributed by atoms with Crippen molar-refractivity contribution in [2.75, 3.05) is 25.0 Å². The maximum Gasteiger partial charge on any atom is 0.295 e. The summed E-state index contributed by atoms with van der Waals surface area (Å²) in [6, 6.07) is 4.84. The molecule has 114 valence electrons. The number of halogens is 1. The lowest BCUT2D eigenvalue weighted by molar-refractivity contribution is -0.384. The Morgan fingerprint density at radius 3 is 3.10 bits per heavy atom. The second-order valence-electron chi connectivity index (χ2n) is 5.02. The zero-order chi connectivity index (χ0) is 13.9. The van der Waals surface area contributed by atoms with E-state index in [1.807, 2.05) is 0 Å². The first-order valence-electron chi connectivity index (χ1n) is 6.72. The number of fused-ring (bicyclic) bond motifs is 1. The topological polar surface area (TPSA) is 93.2 Å². The van der Waals surface area contributed by atoms with Crippen LogP contribution in [0.15, 0.2) is 22.6 Å². The minimum atomic E-state index is -0.436. The summed E-state index contributed by atoms with van der Waals surface area (Å²) in [4.78, 5) is 14.5. The summed E-state index contributed by atoms with van der Waals surface area (Å²) in [5, 5.41) is 17.2. The van der Waals surface area contributed by atoms with Crippen LogP contribution >= 0.6 is 12.4 Å². The molecule has 2 heterocycles. The van der Waals surface area contributed by atoms with Crippen LogP contribution in [-0.4, -0.2) is 29.5 Å². The maximum absolute atomic E-state index is 10.7. The van der Waals surface area contributed by atoms with Crippen molar-refractivity contribution < 1.29 is 9.34 Å². The van der Waals surface area contributed by atoms with Crippen molar-refractivity contribution in [2.24, 2.45) is 5.92 Å². The van der Waals surface area contributed by atoms with Crippen LogP contribution < -0.4 is 10.6 Å². The number of nitro benzene ring substituents is 1. The standard InChI is InChI=1S/C13H16N4O3.ClH/c18-17(19)10-3-4-12-11(6-10)16-13(20-12)15-8-9-2-1-5-14-7-9;/h3-4,6,9,14H,1-2,5,7-8H2,(H,15,16);1H. The van der Waals surface area contributed by atoms with Crippen LogP contribution in [0.5, 0.6) is 0 Å². The molecular weight excluding hydrogens is 296 g/mol. The number of aromatic nitrogens is 1. The van der Waals surface area contributed by atoms with Crippen LogP contribution in [0.1, 0.15) is 12.8 Å². The van der Waals surface area contributed by atoms with Crippen molar-refractivity contribution in [3.05, 3.63) is 28.3 Å². The van der Waals surface area contributed by atoms with Gasteiger partial charge in [0.05, 0.1) is 4.92 Å². The van der Waals surface area contributed by atoms with Gasteiger partial charge in [-0.1, -0.05) is 0 Å². The van der Waals surface area contributed by atoms with E-state index < -0.39 is 4.92 Å². The molecule has 1 fully saturated rings. The second kappa shape index (κ2) is 6.73. The molecule has 8 heteroatoms. The lowest BCUT2D eigenvalue weighted by atomic mass is 10.00. The Kier molecular flexibility index (Phi) is 4.98. The number of benzene rings is 1. The third-order valence-electron chi connectivity index (χ3n) is 3.52. The highest BCUT2D eigenvalue weighted by Crippen LogP contribution is 2.23. The van der Waals surface area contributed by atoms with Crippen LogP contribution in [0.3, 0.4) is 0 Å². The summed E-state index contributed by atoms with van der Waals surface area (Å²) in [5.41, 5.74) is 1.08. The molecule has 1 aromatic heterocycles. The highest BCUT2D eigenvalue weighted by atomic mass is 35.5. The molecule has 0 spiro atoms. The fraction of sp³-hybridized carbons (Fsp3) is 0.462. The van der Waals surface area contributed by atoms with E-state index in [4.69, 9.17) is 4.42 Å². The minimum Gasteiger partial charge on any atom is -0.424 e. The average Bonchev–Trinajstić information content (AvgIpc) is 2.88. The molecule has 2 N–H and O–H groups in total. The van der Waals surface area contributed by atoms with E-state index in [0.717, 1.165) is 19.6 Å². The molecule has 1 aliphatic heterocycles. The predicted octanol–water partition coefficient (Wildman–Crippen LogP) is 2.57. The first-order valence-corrected chi connectivity index (χ1v) is 6.72. The van der Waals surface area contributed by atoms with E-state index in [1.54, 1.807) is 6.07 Å². The summed E-state index contributed by atoms with van der Waals surface area (Å²) >= 11 is 0. The van der Waals surface area contributed by atoms with E-state index in [0.29, 0.717) is 23.0 Å². The third-order valence-corrected chi connectivity index (χ3v) is 3.52. The molecule has 0 bridgehead atoms. The van der Waals surface area contributed by atoms with Gasteiger partial charge >= 0.3 is 0 Å². The van der Waals surface area contributed by atoms with Gasteiger partial charge in [0.25, 0.3) is 11.7 Å². The summed E-state index contributed by atoms with van der Waals surface area (Å²) < 4.78 is 5.53. The Bertz CT molecular complexity index is 625. The zero-order valence-electron chi connectivity index (χ0n) is 11.4. The SMILES string of the molecule is Cl.O=[N+]([O-])c1ccc2oc(NCC3CCCNC3)nc2c1. The van der Waals surface area contributed by atoms with Gasteiger partial charge < -0.3 is 15.1 Å². The third kappa shape index (κ3) is 3.62. The molecule has 1 aromatic carbocycles. The molecule has 1 saturated heterocycles. The molecular formula is C13H17ClN4O3. The van der Waals surface area contributed by atoms with Gasteiger partial charge in [0.1, 0.15) is 5.52 Å². The Morgan fingerprint density at radius 2 is 2.38 bits per heavy atom. The number of anilines is 1. The predicted molar refractivity (Wildman–Crippen MR) is 82.0 cm³/mol. The molecule has 0 radical (unpaired) electrons. The fourth-order valence-electron chi connectivity index (χ4n) is 2.43. The lowest BCUT2D eigenvalue weighted by Crippen LogP contribution is -2.33. The van der Waals surface area contributed by atoms with Crippen molar-refractivity contribution in [2.45, 2.75) is 12.8 Å². The number of piperidine rings is 1. The van der Waals surface area contributed by atoms with Crippen molar-refractivity contribution in [3.8, 4) is 0 Å². The van der Waals surface area contributed by atoms with Gasteiger partial charge in [0.2, 0.25) is 0 Å².